The molecule has 2 N–H and O–H groups in total. The number of nitrogens with zero attached hydrogens (tertiary/aromatic N) is 2. The molecule has 2 amide bonds. The number of carbonyl (C=O) groups is 2. The quantitative estimate of drug-likeness (QED) is 0.414. The zero-order chi connectivity index (χ0) is 23.5. The van der Waals surface area contributed by atoms with Gasteiger partial charge in [0.25, 0.3) is 0 Å². The Kier molecular flexibility index (Phi) is 7.78. The van der Waals surface area contributed by atoms with Crippen molar-refractivity contribution in [2.24, 2.45) is 11.7 Å². The molecule has 3 aliphatic rings. The Morgan fingerprint density at radius 2 is 1.57 bits per heavy atom. The second-order valence-corrected chi connectivity index (χ2v) is 9.95. The molecular weight excluding hydrogens is 458 g/mol. The molecule has 0 bridgehead atoms. The summed E-state index contributed by atoms with van der Waals surface area (Å²) in [4.78, 5) is 26.3. The monoisotopic (exact) mass is 492 g/mol. The third-order valence-electron chi connectivity index (χ3n) is 7.95. The smallest absolute Gasteiger partial charge is 0.301 e. The second-order valence-electron chi connectivity index (χ2n) is 9.95. The molecule has 5 nitrogen and oxygen atoms in total. The summed E-state index contributed by atoms with van der Waals surface area (Å²) in [6, 6.07) is 17.3. The normalized spacial score (nSPS) is 23.5. The molecule has 184 valence electrons. The molecule has 2 aliphatic heterocycles. The summed E-state index contributed by atoms with van der Waals surface area (Å²) in [5, 5.41) is 0. The maximum absolute atomic E-state index is 12.2. The zero-order valence-electron chi connectivity index (χ0n) is 20.2. The summed E-state index contributed by atoms with van der Waals surface area (Å²) in [5.74, 6) is -0.323. The highest BCUT2D eigenvalue weighted by Crippen LogP contribution is 2.39. The molecule has 2 heterocycles. The maximum atomic E-state index is 12.2. The van der Waals surface area contributed by atoms with Crippen LogP contribution in [0.3, 0.4) is 0 Å². The summed E-state index contributed by atoms with van der Waals surface area (Å²) < 4.78 is 0.428. The van der Waals surface area contributed by atoms with Gasteiger partial charge in [-0.3, -0.25) is 9.28 Å². The van der Waals surface area contributed by atoms with Crippen molar-refractivity contribution in [2.75, 3.05) is 32.7 Å². The molecule has 5 rings (SSSR count). The van der Waals surface area contributed by atoms with Crippen LogP contribution >= 0.6 is 12.4 Å². The third-order valence-corrected chi connectivity index (χ3v) is 7.95. The van der Waals surface area contributed by atoms with Crippen molar-refractivity contribution < 1.29 is 14.1 Å². The summed E-state index contributed by atoms with van der Waals surface area (Å²) in [7, 11) is 0. The Balaban J connectivity index is 0.00000289. The fourth-order valence-electron chi connectivity index (χ4n) is 5.86. The molecule has 0 aromatic heterocycles. The van der Waals surface area contributed by atoms with Gasteiger partial charge in [-0.2, -0.15) is 0 Å². The topological polar surface area (TPSA) is 63.4 Å². The summed E-state index contributed by atoms with van der Waals surface area (Å²) in [6.45, 7) is 4.03. The molecule has 0 radical (unpaired) electrons. The zero-order valence-corrected chi connectivity index (χ0v) is 21.0. The fraction of sp³-hybridized carbons (Fsp3) is 0.379. The largest absolute Gasteiger partial charge is 0.369 e. The third kappa shape index (κ3) is 5.07. The molecule has 1 aliphatic carbocycles. The average molecular weight is 493 g/mol. The SMILES string of the molecule is Cl.NC(=O)C1CC[N+](C=O)(CCN2CCCCC2=C2c3ccccc3C=Cc3ccccc32)CC1. The lowest BCUT2D eigenvalue weighted by Crippen LogP contribution is -2.56. The first kappa shape index (κ1) is 25.2. The van der Waals surface area contributed by atoms with Crippen LogP contribution in [-0.2, 0) is 9.59 Å². The number of quaternary nitrogens is 1. The molecule has 2 saturated heterocycles. The summed E-state index contributed by atoms with van der Waals surface area (Å²) >= 11 is 0. The first-order valence-corrected chi connectivity index (χ1v) is 12.6. The number of carbonyl (C=O) groups excluding carboxylic acids is 2. The van der Waals surface area contributed by atoms with Gasteiger partial charge in [0.1, 0.15) is 6.54 Å². The molecule has 6 heteroatoms. The lowest BCUT2D eigenvalue weighted by atomic mass is 9.88. The van der Waals surface area contributed by atoms with E-state index in [0.29, 0.717) is 30.4 Å². The lowest BCUT2D eigenvalue weighted by molar-refractivity contribution is -0.851. The first-order chi connectivity index (χ1) is 16.6. The number of rotatable bonds is 5. The molecule has 0 atom stereocenters. The van der Waals surface area contributed by atoms with Gasteiger partial charge in [0, 0.05) is 36.6 Å². The summed E-state index contributed by atoms with van der Waals surface area (Å²) in [6.07, 6.45) is 10.4. The minimum Gasteiger partial charge on any atom is -0.369 e. The number of fused-ring (bicyclic) bond motifs is 2. The van der Waals surface area contributed by atoms with Crippen molar-refractivity contribution in [1.29, 1.82) is 0 Å². The molecule has 0 spiro atoms. The van der Waals surface area contributed by atoms with Gasteiger partial charge in [0.2, 0.25) is 5.91 Å². The van der Waals surface area contributed by atoms with Crippen LogP contribution in [0.2, 0.25) is 0 Å². The van der Waals surface area contributed by atoms with Crippen LogP contribution in [0.15, 0.2) is 54.2 Å². The van der Waals surface area contributed by atoms with Crippen LogP contribution in [0.1, 0.15) is 54.4 Å². The fourth-order valence-corrected chi connectivity index (χ4v) is 5.86. The van der Waals surface area contributed by atoms with Gasteiger partial charge in [0.15, 0.2) is 0 Å². The van der Waals surface area contributed by atoms with Gasteiger partial charge >= 0.3 is 6.41 Å². The highest BCUT2D eigenvalue weighted by molar-refractivity contribution is 5.94. The van der Waals surface area contributed by atoms with E-state index in [2.05, 4.69) is 65.6 Å². The number of piperidine rings is 2. The van der Waals surface area contributed by atoms with Gasteiger partial charge in [-0.15, -0.1) is 12.4 Å². The van der Waals surface area contributed by atoms with Gasteiger partial charge in [-0.1, -0.05) is 60.7 Å². The number of nitrogens with two attached hydrogens (primary N) is 1. The van der Waals surface area contributed by atoms with Crippen LogP contribution in [0.5, 0.6) is 0 Å². The van der Waals surface area contributed by atoms with Crippen molar-refractivity contribution in [3.63, 3.8) is 0 Å². The predicted molar refractivity (Wildman–Crippen MR) is 143 cm³/mol. The number of hydrogen-bond acceptors (Lipinski definition) is 3. The molecule has 0 saturated carbocycles. The Morgan fingerprint density at radius 1 is 0.971 bits per heavy atom. The average Bonchev–Trinajstić information content (AvgIpc) is 3.05. The van der Waals surface area contributed by atoms with E-state index in [9.17, 15) is 9.59 Å². The number of likely N-dealkylation sites (tertiary alicyclic amines) is 2. The Labute approximate surface area is 214 Å². The van der Waals surface area contributed by atoms with Gasteiger partial charge in [-0.05, 0) is 41.5 Å². The summed E-state index contributed by atoms with van der Waals surface area (Å²) in [5.41, 5.74) is 13.3. The molecule has 35 heavy (non-hydrogen) atoms. The van der Waals surface area contributed by atoms with Crippen LogP contribution in [-0.4, -0.2) is 54.4 Å². The van der Waals surface area contributed by atoms with E-state index in [1.54, 1.807) is 0 Å². The number of allylic oxidation sites excluding steroid dienone is 1. The highest BCUT2D eigenvalue weighted by Gasteiger charge is 2.36. The van der Waals surface area contributed by atoms with Gasteiger partial charge in [-0.25, -0.2) is 4.79 Å². The number of benzene rings is 2. The standard InChI is InChI=1S/C29H33N3O2.ClH/c30-29(34)24-14-18-32(21-33,19-15-24)20-17-31-16-6-5-11-27(31)28-25-9-3-1-7-22(25)12-13-23-8-2-4-10-26(23)28;/h1-4,7-10,12-13,21,24H,5-6,11,14-20H2,(H-,30,34);1H/p+1. The number of hydrogen-bond donors (Lipinski definition) is 1. The lowest BCUT2D eigenvalue weighted by Gasteiger charge is -2.41. The van der Waals surface area contributed by atoms with Crippen LogP contribution in [0.4, 0.5) is 0 Å². The minimum atomic E-state index is -0.231. The predicted octanol–water partition coefficient (Wildman–Crippen LogP) is 4.71. The van der Waals surface area contributed by atoms with Gasteiger partial charge in [0.05, 0.1) is 19.6 Å². The second kappa shape index (κ2) is 10.8. The van der Waals surface area contributed by atoms with Crippen molar-refractivity contribution in [3.8, 4) is 0 Å². The van der Waals surface area contributed by atoms with E-state index in [4.69, 9.17) is 5.73 Å². The van der Waals surface area contributed by atoms with E-state index in [1.165, 1.54) is 46.4 Å². The number of halogens is 1. The van der Waals surface area contributed by atoms with Crippen LogP contribution in [0, 0.1) is 5.92 Å². The van der Waals surface area contributed by atoms with E-state index in [-0.39, 0.29) is 24.2 Å². The van der Waals surface area contributed by atoms with Crippen LogP contribution < -0.4 is 5.73 Å². The van der Waals surface area contributed by atoms with Crippen LogP contribution in [0.25, 0.3) is 17.7 Å². The molecule has 0 unspecified atom stereocenters. The molecular formula is C29H35ClN3O2+. The van der Waals surface area contributed by atoms with Crippen molar-refractivity contribution >= 4 is 42.4 Å². The minimum absolute atomic E-state index is 0. The van der Waals surface area contributed by atoms with Gasteiger partial charge < -0.3 is 10.6 Å². The Hall–Kier alpha value is -2.89. The van der Waals surface area contributed by atoms with Crippen molar-refractivity contribution in [1.82, 2.24) is 4.90 Å². The molecule has 2 fully saturated rings. The number of primary amides is 1. The van der Waals surface area contributed by atoms with E-state index < -0.39 is 0 Å². The Morgan fingerprint density at radius 3 is 2.14 bits per heavy atom. The highest BCUT2D eigenvalue weighted by atomic mass is 35.5. The first-order valence-electron chi connectivity index (χ1n) is 12.6. The van der Waals surface area contributed by atoms with Crippen molar-refractivity contribution in [2.45, 2.75) is 32.1 Å². The Bertz CT molecular complexity index is 1100. The molecule has 2 aromatic carbocycles. The maximum Gasteiger partial charge on any atom is 0.301 e. The van der Waals surface area contributed by atoms with E-state index in [0.717, 1.165) is 32.5 Å². The van der Waals surface area contributed by atoms with Crippen molar-refractivity contribution in [3.05, 3.63) is 76.5 Å². The van der Waals surface area contributed by atoms with E-state index >= 15 is 0 Å². The number of amides is 2. The van der Waals surface area contributed by atoms with E-state index in [1.807, 2.05) is 0 Å². The molecule has 2 aromatic rings.